The summed E-state index contributed by atoms with van der Waals surface area (Å²) < 4.78 is 0. The van der Waals surface area contributed by atoms with Crippen molar-refractivity contribution in [2.45, 2.75) is 52.4 Å². The van der Waals surface area contributed by atoms with E-state index in [0.717, 1.165) is 19.5 Å². The van der Waals surface area contributed by atoms with Crippen molar-refractivity contribution in [3.05, 3.63) is 0 Å². The SMILES string of the molecule is CCCCCCCCNN(CC)CC(=O)O. The van der Waals surface area contributed by atoms with Crippen molar-refractivity contribution in [2.75, 3.05) is 19.6 Å². The minimum absolute atomic E-state index is 0.0757. The summed E-state index contributed by atoms with van der Waals surface area (Å²) in [7, 11) is 0. The largest absolute Gasteiger partial charge is 0.480 e. The highest BCUT2D eigenvalue weighted by Gasteiger charge is 2.05. The third kappa shape index (κ3) is 9.93. The third-order valence-corrected chi connectivity index (χ3v) is 2.57. The summed E-state index contributed by atoms with van der Waals surface area (Å²) in [6.07, 6.45) is 7.58. The van der Waals surface area contributed by atoms with E-state index in [2.05, 4.69) is 12.3 Å². The zero-order valence-electron chi connectivity index (χ0n) is 10.7. The van der Waals surface area contributed by atoms with Crippen LogP contribution in [0.2, 0.25) is 0 Å². The number of aliphatic carboxylic acids is 1. The first-order chi connectivity index (χ1) is 7.70. The van der Waals surface area contributed by atoms with Crippen LogP contribution in [0.3, 0.4) is 0 Å². The Morgan fingerprint density at radius 2 is 1.75 bits per heavy atom. The van der Waals surface area contributed by atoms with Gasteiger partial charge in [-0.05, 0) is 6.42 Å². The molecular formula is C12H26N2O2. The van der Waals surface area contributed by atoms with Gasteiger partial charge in [-0.2, -0.15) is 0 Å². The second-order valence-corrected chi connectivity index (χ2v) is 4.08. The van der Waals surface area contributed by atoms with Gasteiger partial charge in [0.2, 0.25) is 0 Å². The summed E-state index contributed by atoms with van der Waals surface area (Å²) in [4.78, 5) is 10.5. The maximum atomic E-state index is 10.5. The highest BCUT2D eigenvalue weighted by Crippen LogP contribution is 2.04. The van der Waals surface area contributed by atoms with E-state index in [0.29, 0.717) is 0 Å². The summed E-state index contributed by atoms with van der Waals surface area (Å²) in [6, 6.07) is 0. The van der Waals surface area contributed by atoms with Crippen LogP contribution in [0.4, 0.5) is 0 Å². The number of hydrogen-bond donors (Lipinski definition) is 2. The Bertz CT molecular complexity index is 174. The number of nitrogens with zero attached hydrogens (tertiary/aromatic N) is 1. The van der Waals surface area contributed by atoms with Gasteiger partial charge in [-0.3, -0.25) is 10.2 Å². The van der Waals surface area contributed by atoms with Crippen LogP contribution in [-0.4, -0.2) is 35.7 Å². The molecule has 0 unspecified atom stereocenters. The smallest absolute Gasteiger partial charge is 0.319 e. The quantitative estimate of drug-likeness (QED) is 0.422. The van der Waals surface area contributed by atoms with E-state index in [1.54, 1.807) is 5.01 Å². The molecule has 16 heavy (non-hydrogen) atoms. The third-order valence-electron chi connectivity index (χ3n) is 2.57. The number of rotatable bonds is 11. The Kier molecular flexibility index (Phi) is 10.5. The molecule has 4 heteroatoms. The van der Waals surface area contributed by atoms with Gasteiger partial charge in [-0.25, -0.2) is 5.01 Å². The minimum atomic E-state index is -0.780. The molecule has 0 aliphatic rings. The number of unbranched alkanes of at least 4 members (excludes halogenated alkanes) is 5. The zero-order valence-corrected chi connectivity index (χ0v) is 10.7. The standard InChI is InChI=1S/C12H26N2O2/c1-3-5-6-7-8-9-10-13-14(4-2)11-12(15)16/h13H,3-11H2,1-2H3,(H,15,16). The van der Waals surface area contributed by atoms with Gasteiger partial charge in [0.25, 0.3) is 0 Å². The van der Waals surface area contributed by atoms with Crippen molar-refractivity contribution in [3.8, 4) is 0 Å². The van der Waals surface area contributed by atoms with E-state index >= 15 is 0 Å². The molecular weight excluding hydrogens is 204 g/mol. The summed E-state index contributed by atoms with van der Waals surface area (Å²) in [6.45, 7) is 5.85. The van der Waals surface area contributed by atoms with Crippen LogP contribution in [0.5, 0.6) is 0 Å². The number of carboxylic acid groups (broad SMARTS) is 1. The van der Waals surface area contributed by atoms with Gasteiger partial charge in [0, 0.05) is 13.1 Å². The molecule has 0 heterocycles. The average molecular weight is 230 g/mol. The van der Waals surface area contributed by atoms with E-state index in [1.165, 1.54) is 32.1 Å². The monoisotopic (exact) mass is 230 g/mol. The minimum Gasteiger partial charge on any atom is -0.480 e. The lowest BCUT2D eigenvalue weighted by atomic mass is 10.1. The van der Waals surface area contributed by atoms with Crippen LogP contribution in [0.15, 0.2) is 0 Å². The fraction of sp³-hybridized carbons (Fsp3) is 0.917. The molecule has 0 aromatic carbocycles. The first kappa shape index (κ1) is 15.4. The lowest BCUT2D eigenvalue weighted by Crippen LogP contribution is -2.41. The predicted octanol–water partition coefficient (Wildman–Crippen LogP) is 2.26. The zero-order chi connectivity index (χ0) is 12.2. The maximum absolute atomic E-state index is 10.5. The van der Waals surface area contributed by atoms with E-state index in [9.17, 15) is 4.79 Å². The summed E-state index contributed by atoms with van der Waals surface area (Å²) >= 11 is 0. The Balaban J connectivity index is 3.31. The second kappa shape index (κ2) is 10.9. The highest BCUT2D eigenvalue weighted by atomic mass is 16.4. The van der Waals surface area contributed by atoms with Crippen molar-refractivity contribution in [1.82, 2.24) is 10.4 Å². The first-order valence-electron chi connectivity index (χ1n) is 6.41. The van der Waals surface area contributed by atoms with Crippen LogP contribution in [0.25, 0.3) is 0 Å². The number of nitrogens with one attached hydrogen (secondary N) is 1. The molecule has 96 valence electrons. The van der Waals surface area contributed by atoms with E-state index < -0.39 is 5.97 Å². The number of carbonyl (C=O) groups is 1. The van der Waals surface area contributed by atoms with Gasteiger partial charge >= 0.3 is 5.97 Å². The highest BCUT2D eigenvalue weighted by molar-refractivity contribution is 5.68. The van der Waals surface area contributed by atoms with Crippen molar-refractivity contribution in [2.24, 2.45) is 0 Å². The molecule has 0 aromatic heterocycles. The number of hydrazine groups is 1. The molecule has 0 aromatic rings. The number of carboxylic acids is 1. The van der Waals surface area contributed by atoms with Crippen LogP contribution in [-0.2, 0) is 4.79 Å². The van der Waals surface area contributed by atoms with Crippen molar-refractivity contribution in [3.63, 3.8) is 0 Å². The molecule has 0 spiro atoms. The summed E-state index contributed by atoms with van der Waals surface area (Å²) in [5.74, 6) is -0.780. The second-order valence-electron chi connectivity index (χ2n) is 4.08. The summed E-state index contributed by atoms with van der Waals surface area (Å²) in [5, 5.41) is 10.4. The first-order valence-corrected chi connectivity index (χ1v) is 6.41. The molecule has 0 aliphatic carbocycles. The van der Waals surface area contributed by atoms with Gasteiger partial charge < -0.3 is 5.11 Å². The van der Waals surface area contributed by atoms with Gasteiger partial charge in [0.1, 0.15) is 6.54 Å². The lowest BCUT2D eigenvalue weighted by Gasteiger charge is -2.19. The van der Waals surface area contributed by atoms with E-state index in [4.69, 9.17) is 5.11 Å². The fourth-order valence-corrected chi connectivity index (χ4v) is 1.59. The molecule has 0 radical (unpaired) electrons. The molecule has 0 saturated heterocycles. The maximum Gasteiger partial charge on any atom is 0.319 e. The van der Waals surface area contributed by atoms with Crippen LogP contribution < -0.4 is 5.43 Å². The van der Waals surface area contributed by atoms with Crippen molar-refractivity contribution < 1.29 is 9.90 Å². The van der Waals surface area contributed by atoms with E-state index in [1.807, 2.05) is 6.92 Å². The molecule has 0 saturated carbocycles. The van der Waals surface area contributed by atoms with Crippen molar-refractivity contribution >= 4 is 5.97 Å². The van der Waals surface area contributed by atoms with Crippen molar-refractivity contribution in [1.29, 1.82) is 0 Å². The molecule has 0 rings (SSSR count). The fourth-order valence-electron chi connectivity index (χ4n) is 1.59. The summed E-state index contributed by atoms with van der Waals surface area (Å²) in [5.41, 5.74) is 3.14. The Morgan fingerprint density at radius 1 is 1.12 bits per heavy atom. The van der Waals surface area contributed by atoms with Gasteiger partial charge in [-0.15, -0.1) is 0 Å². The Morgan fingerprint density at radius 3 is 2.31 bits per heavy atom. The average Bonchev–Trinajstić information content (AvgIpc) is 2.25. The Hall–Kier alpha value is -0.610. The molecule has 0 atom stereocenters. The topological polar surface area (TPSA) is 52.6 Å². The number of hydrogen-bond acceptors (Lipinski definition) is 3. The van der Waals surface area contributed by atoms with Gasteiger partial charge in [0.05, 0.1) is 0 Å². The molecule has 2 N–H and O–H groups in total. The predicted molar refractivity (Wildman–Crippen MR) is 66.3 cm³/mol. The van der Waals surface area contributed by atoms with Crippen LogP contribution in [0, 0.1) is 0 Å². The van der Waals surface area contributed by atoms with Gasteiger partial charge in [0.15, 0.2) is 0 Å². The molecule has 4 nitrogen and oxygen atoms in total. The van der Waals surface area contributed by atoms with E-state index in [-0.39, 0.29) is 6.54 Å². The molecule has 0 amide bonds. The van der Waals surface area contributed by atoms with Gasteiger partial charge in [-0.1, -0.05) is 46.0 Å². The number of likely N-dealkylation sites (N-methyl/N-ethyl adjacent to an activating group) is 1. The Labute approximate surface area is 99.0 Å². The normalized spacial score (nSPS) is 10.9. The molecule has 0 fully saturated rings. The molecule has 0 bridgehead atoms. The molecule has 0 aliphatic heterocycles. The van der Waals surface area contributed by atoms with Crippen LogP contribution >= 0.6 is 0 Å². The van der Waals surface area contributed by atoms with Crippen LogP contribution in [0.1, 0.15) is 52.4 Å². The lowest BCUT2D eigenvalue weighted by molar-refractivity contribution is -0.139.